The third-order valence-corrected chi connectivity index (χ3v) is 6.46. The molecule has 12 heavy (non-hydrogen) atoms. The Bertz CT molecular complexity index is 322. The predicted octanol–water partition coefficient (Wildman–Crippen LogP) is 2.71. The molecule has 0 aromatic rings. The van der Waals surface area contributed by atoms with Gasteiger partial charge in [0.25, 0.3) is 10.1 Å². The summed E-state index contributed by atoms with van der Waals surface area (Å²) in [6, 6.07) is 0. The molecule has 0 amide bonds. The molecule has 3 nitrogen and oxygen atoms in total. The molecule has 1 N–H and O–H groups in total. The van der Waals surface area contributed by atoms with Crippen molar-refractivity contribution in [2.24, 2.45) is 0 Å². The maximum atomic E-state index is 10.7. The molecule has 1 unspecified atom stereocenters. The summed E-state index contributed by atoms with van der Waals surface area (Å²) in [6.45, 7) is 0. The molecule has 0 spiro atoms. The van der Waals surface area contributed by atoms with Crippen LogP contribution in [0.25, 0.3) is 0 Å². The van der Waals surface area contributed by atoms with E-state index in [0.717, 1.165) is 0 Å². The molecule has 0 aromatic heterocycles. The van der Waals surface area contributed by atoms with Crippen molar-refractivity contribution in [3.63, 3.8) is 0 Å². The lowest BCUT2D eigenvalue weighted by molar-refractivity contribution is 0.475. The first-order valence-electron chi connectivity index (χ1n) is 2.65. The molecule has 0 fully saturated rings. The lowest BCUT2D eigenvalue weighted by Crippen LogP contribution is -2.25. The Labute approximate surface area is 92.4 Å². The number of thioether (sulfide) groups is 1. The van der Waals surface area contributed by atoms with E-state index in [1.54, 1.807) is 0 Å². The second-order valence-corrected chi connectivity index (χ2v) is 7.96. The van der Waals surface area contributed by atoms with Crippen LogP contribution in [0.15, 0.2) is 8.85 Å². The summed E-state index contributed by atoms with van der Waals surface area (Å²) >= 11 is 14.9. The lowest BCUT2D eigenvalue weighted by atomic mass is 10.5. The van der Waals surface area contributed by atoms with E-state index in [0.29, 0.717) is 16.2 Å². The third-order valence-electron chi connectivity index (χ3n) is 1.21. The van der Waals surface area contributed by atoms with Crippen molar-refractivity contribution in [2.75, 3.05) is 0 Å². The summed E-state index contributed by atoms with van der Waals surface area (Å²) in [5.74, 6) is 0. The largest absolute Gasteiger partial charge is 0.295 e. The van der Waals surface area contributed by atoms with E-state index in [2.05, 4.69) is 15.9 Å². The van der Waals surface area contributed by atoms with Gasteiger partial charge in [-0.05, 0) is 0 Å². The van der Waals surface area contributed by atoms with Gasteiger partial charge in [-0.1, -0.05) is 50.9 Å². The molecule has 0 saturated heterocycles. The highest BCUT2D eigenvalue weighted by molar-refractivity contribution is 9.11. The Morgan fingerprint density at radius 1 is 1.67 bits per heavy atom. The van der Waals surface area contributed by atoms with Crippen LogP contribution >= 0.6 is 50.9 Å². The van der Waals surface area contributed by atoms with Gasteiger partial charge >= 0.3 is 0 Å². The number of rotatable bonds is 1. The first kappa shape index (κ1) is 11.1. The Hall–Kier alpha value is 1.06. The van der Waals surface area contributed by atoms with E-state index in [-0.39, 0.29) is 10.8 Å². The summed E-state index contributed by atoms with van der Waals surface area (Å²) < 4.78 is 29.2. The zero-order valence-electron chi connectivity index (χ0n) is 5.42. The molecule has 1 heterocycles. The first-order valence-corrected chi connectivity index (χ1v) is 6.46. The van der Waals surface area contributed by atoms with Gasteiger partial charge in [0.1, 0.15) is 0 Å². The van der Waals surface area contributed by atoms with Gasteiger partial charge in [-0.25, -0.2) is 0 Å². The Morgan fingerprint density at radius 3 is 2.33 bits per heavy atom. The Balaban J connectivity index is 2.99. The van der Waals surface area contributed by atoms with E-state index in [1.165, 1.54) is 0 Å². The fourth-order valence-electron chi connectivity index (χ4n) is 0.624. The van der Waals surface area contributed by atoms with Gasteiger partial charge in [0, 0.05) is 10.9 Å². The molecule has 1 rings (SSSR count). The highest BCUT2D eigenvalue weighted by atomic mass is 79.9. The van der Waals surface area contributed by atoms with Crippen molar-refractivity contribution in [3.05, 3.63) is 8.85 Å². The molecule has 0 aliphatic carbocycles. The molecular formula is C4H3BrCl2O3S2. The predicted molar refractivity (Wildman–Crippen MR) is 54.1 cm³/mol. The summed E-state index contributed by atoms with van der Waals surface area (Å²) in [7, 11) is -4.30. The van der Waals surface area contributed by atoms with Crippen LogP contribution < -0.4 is 0 Å². The van der Waals surface area contributed by atoms with Crippen LogP contribution in [0.2, 0.25) is 0 Å². The number of hydrogen-bond donors (Lipinski definition) is 1. The molecule has 0 saturated carbocycles. The minimum absolute atomic E-state index is 0.0309. The highest BCUT2D eigenvalue weighted by Crippen LogP contribution is 2.54. The lowest BCUT2D eigenvalue weighted by Gasteiger charge is -2.15. The molecule has 0 aromatic carbocycles. The Morgan fingerprint density at radius 2 is 2.17 bits per heavy atom. The quantitative estimate of drug-likeness (QED) is 0.597. The topological polar surface area (TPSA) is 54.4 Å². The summed E-state index contributed by atoms with van der Waals surface area (Å²) in [5.41, 5.74) is 0. The molecule has 8 heteroatoms. The molecule has 0 radical (unpaired) electrons. The average molecular weight is 314 g/mol. The van der Waals surface area contributed by atoms with Crippen LogP contribution in [-0.2, 0) is 10.1 Å². The molecule has 1 atom stereocenters. The van der Waals surface area contributed by atoms with E-state index in [1.807, 2.05) is 0 Å². The van der Waals surface area contributed by atoms with Crippen molar-refractivity contribution in [1.29, 1.82) is 0 Å². The third kappa shape index (κ3) is 1.93. The summed E-state index contributed by atoms with van der Waals surface area (Å²) in [6.07, 6.45) is -0.0309. The maximum Gasteiger partial charge on any atom is 0.295 e. The molecule has 70 valence electrons. The summed E-state index contributed by atoms with van der Waals surface area (Å²) in [5, 5.41) is 0. The smallest absolute Gasteiger partial charge is 0.284 e. The molecule has 1 aliphatic heterocycles. The fourth-order valence-corrected chi connectivity index (χ4v) is 4.57. The highest BCUT2D eigenvalue weighted by Gasteiger charge is 2.48. The van der Waals surface area contributed by atoms with Gasteiger partial charge in [-0.15, -0.1) is 0 Å². The van der Waals surface area contributed by atoms with Gasteiger partial charge in [-0.3, -0.25) is 4.55 Å². The van der Waals surface area contributed by atoms with Crippen molar-refractivity contribution >= 4 is 61.0 Å². The van der Waals surface area contributed by atoms with Gasteiger partial charge in [-0.2, -0.15) is 8.42 Å². The zero-order valence-corrected chi connectivity index (χ0v) is 10.2. The normalized spacial score (nSPS) is 31.3. The molecular weight excluding hydrogens is 311 g/mol. The van der Waals surface area contributed by atoms with Crippen LogP contribution in [0.3, 0.4) is 0 Å². The number of hydrogen-bond acceptors (Lipinski definition) is 3. The van der Waals surface area contributed by atoms with Gasteiger partial charge in [0.05, 0.1) is 4.36 Å². The minimum Gasteiger partial charge on any atom is -0.284 e. The number of allylic oxidation sites excluding steroid dienone is 1. The van der Waals surface area contributed by atoms with Crippen LogP contribution in [0.5, 0.6) is 0 Å². The maximum absolute atomic E-state index is 10.7. The molecule has 0 bridgehead atoms. The second-order valence-electron chi connectivity index (χ2n) is 2.09. The van der Waals surface area contributed by atoms with Crippen molar-refractivity contribution in [2.45, 2.75) is 9.96 Å². The minimum atomic E-state index is -4.30. The second kappa shape index (κ2) is 3.33. The first-order chi connectivity index (χ1) is 5.26. The molecule has 1 aliphatic rings. The summed E-state index contributed by atoms with van der Waals surface area (Å²) in [4.78, 5) is 0. The monoisotopic (exact) mass is 312 g/mol. The SMILES string of the molecule is O=S(=O)(O)C1(Cl)CC(Br)=C(Cl)S1. The van der Waals surface area contributed by atoms with Crippen LogP contribution in [0.1, 0.15) is 6.42 Å². The van der Waals surface area contributed by atoms with E-state index < -0.39 is 13.7 Å². The standard InChI is InChI=1S/C4H3BrCl2O3S2/c5-2-1-4(7,11-3(2)6)12(8,9)10/h1H2,(H,8,9,10). The van der Waals surface area contributed by atoms with E-state index in [9.17, 15) is 8.42 Å². The average Bonchev–Trinajstić information content (AvgIpc) is 2.06. The van der Waals surface area contributed by atoms with Crippen LogP contribution in [0.4, 0.5) is 0 Å². The zero-order chi connectivity index (χ0) is 9.57. The fraction of sp³-hybridized carbons (Fsp3) is 0.500. The van der Waals surface area contributed by atoms with Gasteiger partial charge in [0.2, 0.25) is 3.54 Å². The number of alkyl halides is 1. The van der Waals surface area contributed by atoms with Gasteiger partial charge in [0.15, 0.2) is 0 Å². The van der Waals surface area contributed by atoms with Crippen LogP contribution in [-0.4, -0.2) is 16.5 Å². The van der Waals surface area contributed by atoms with Crippen molar-refractivity contribution < 1.29 is 13.0 Å². The Kier molecular flexibility index (Phi) is 3.09. The number of halogens is 3. The van der Waals surface area contributed by atoms with E-state index in [4.69, 9.17) is 27.8 Å². The van der Waals surface area contributed by atoms with Crippen LogP contribution in [0, 0.1) is 0 Å². The van der Waals surface area contributed by atoms with Gasteiger partial charge < -0.3 is 0 Å². The van der Waals surface area contributed by atoms with Crippen molar-refractivity contribution in [1.82, 2.24) is 0 Å². The van der Waals surface area contributed by atoms with Crippen molar-refractivity contribution in [3.8, 4) is 0 Å². The van der Waals surface area contributed by atoms with E-state index >= 15 is 0 Å².